The second-order valence-electron chi connectivity index (χ2n) is 37.1. The molecular weight excluding hydrogens is 1700 g/mol. The standard InChI is InChI=1S/C99H143N9O22S/c1-10-59(5)49-60(6)26-17-14-12-13-15-20-29-69(112)51-67-53-84(119)91(100-43-44-101-99(129)130-57-76-73-32-23-21-30-71(73)72-31-22-24-33-74(72)76)106-96(126)88-81(116)40-45-107(88)98(128)87(105-95(125)75(90(121)89(120)64-36-38-68(111)39-37-64)55-82(117)78-54-70(113)56-108(78)97(127)86(62(8)110)104-94(67)124)80(115)35-25-34-79(114)77(48-58(3)4)102-93(123)66(50-63-27-18-16-19-28-63)52-83(118)85(61(7)11-2)103-92(122)65(41-46-109)42-47-131-9/h16,18-19,21-24,27-28,30-33,36-39,46,58-62,65-67,70,75-78,80-81,84-91,100,110-111,113,115-116,119-121H,10-15,17,20,25-26,29,34-35,40-45,47-57H2,1-9H3,(H,101,129)(H,102,123)(H,103,122)(H,104,124)(H,105,125)(H,106,126)/t59-,60+,61?,62+,65-,66+,67-,70+,75-,77-,78-,80+,81-,84+,85-,86-,87-,88-,89-,90-,91-/m0/s1. The van der Waals surface area contributed by atoms with Crippen molar-refractivity contribution in [2.45, 2.75) is 301 Å². The van der Waals surface area contributed by atoms with E-state index in [0.29, 0.717) is 55.1 Å². The number of nitrogens with zero attached hydrogens (tertiary/aromatic N) is 2. The Kier molecular flexibility index (Phi) is 43.7. The lowest BCUT2D eigenvalue weighted by molar-refractivity contribution is -0.149. The lowest BCUT2D eigenvalue weighted by atomic mass is 9.86. The van der Waals surface area contributed by atoms with Gasteiger partial charge in [0.15, 0.2) is 17.3 Å². The number of carbonyl (C=O) groups is 13. The molecule has 4 aliphatic rings. The molecule has 0 saturated carbocycles. The minimum absolute atomic E-state index is 0.00675. The van der Waals surface area contributed by atoms with E-state index in [1.807, 2.05) is 75.6 Å². The summed E-state index contributed by atoms with van der Waals surface area (Å²) in [6.45, 7) is 13.5. The van der Waals surface area contributed by atoms with Crippen molar-refractivity contribution in [3.8, 4) is 16.9 Å². The summed E-state index contributed by atoms with van der Waals surface area (Å²) in [5.74, 6) is -14.5. The third-order valence-electron chi connectivity index (χ3n) is 26.4. The van der Waals surface area contributed by atoms with Crippen LogP contribution in [0.4, 0.5) is 4.79 Å². The first-order valence-corrected chi connectivity index (χ1v) is 48.5. The topological polar surface area (TPSA) is 484 Å². The van der Waals surface area contributed by atoms with Crippen LogP contribution < -0.4 is 37.2 Å². The molecule has 131 heavy (non-hydrogen) atoms. The second-order valence-corrected chi connectivity index (χ2v) is 38.1. The van der Waals surface area contributed by atoms with Gasteiger partial charge in [-0.2, -0.15) is 11.8 Å². The molecule has 15 N–H and O–H groups in total. The number of aliphatic hydroxyl groups is 7. The fraction of sp³-hybridized carbons (Fsp3) is 0.626. The number of ketones is 4. The van der Waals surface area contributed by atoms with Gasteiger partial charge in [0.05, 0.1) is 60.7 Å². The number of hydrogen-bond donors (Lipinski definition) is 15. The summed E-state index contributed by atoms with van der Waals surface area (Å²) in [5.41, 5.74) is 4.47. The third-order valence-corrected chi connectivity index (χ3v) is 27.0. The van der Waals surface area contributed by atoms with E-state index in [0.717, 1.165) is 96.1 Å². The predicted molar refractivity (Wildman–Crippen MR) is 495 cm³/mol. The molecule has 0 bridgehead atoms. The molecular formula is C99H143N9O22S. The van der Waals surface area contributed by atoms with Gasteiger partial charge in [-0.15, -0.1) is 0 Å². The maximum absolute atomic E-state index is 15.9. The Morgan fingerprint density at radius 2 is 1.27 bits per heavy atom. The smallest absolute Gasteiger partial charge is 0.407 e. The van der Waals surface area contributed by atoms with Crippen LogP contribution in [0.2, 0.25) is 0 Å². The molecule has 31 nitrogen and oxygen atoms in total. The summed E-state index contributed by atoms with van der Waals surface area (Å²) in [4.78, 5) is 192. The Bertz CT molecular complexity index is 4360. The van der Waals surface area contributed by atoms with Gasteiger partial charge in [0.25, 0.3) is 0 Å². The highest BCUT2D eigenvalue weighted by Crippen LogP contribution is 2.45. The monoisotopic (exact) mass is 1840 g/mol. The van der Waals surface area contributed by atoms with Crippen molar-refractivity contribution in [2.75, 3.05) is 44.8 Å². The quantitative estimate of drug-likeness (QED) is 0.0149. The highest BCUT2D eigenvalue weighted by atomic mass is 32.2. The molecule has 21 atom stereocenters. The van der Waals surface area contributed by atoms with Gasteiger partial charge < -0.3 is 92.1 Å². The molecule has 0 spiro atoms. The van der Waals surface area contributed by atoms with Crippen LogP contribution in [0.25, 0.3) is 11.1 Å². The van der Waals surface area contributed by atoms with Crippen molar-refractivity contribution < 1.29 is 108 Å². The van der Waals surface area contributed by atoms with Crippen molar-refractivity contribution in [2.24, 2.45) is 47.3 Å². The number of ether oxygens (including phenoxy) is 1. The second kappa shape index (κ2) is 53.5. The number of nitrogens with one attached hydrogen (secondary N) is 7. The summed E-state index contributed by atoms with van der Waals surface area (Å²) in [7, 11) is 0. The molecule has 3 heterocycles. The molecule has 1 aliphatic carbocycles. The summed E-state index contributed by atoms with van der Waals surface area (Å²) in [6, 6.07) is 19.0. The molecule has 3 saturated heterocycles. The Hall–Kier alpha value is -9.38. The fourth-order valence-corrected chi connectivity index (χ4v) is 18.9. The maximum Gasteiger partial charge on any atom is 0.407 e. The molecule has 3 fully saturated rings. The molecule has 1 unspecified atom stereocenters. The fourth-order valence-electron chi connectivity index (χ4n) is 18.4. The molecule has 3 aliphatic heterocycles. The molecule has 0 aromatic heterocycles. The molecule has 8 rings (SSSR count). The van der Waals surface area contributed by atoms with Crippen LogP contribution in [0, 0.1) is 47.3 Å². The summed E-state index contributed by atoms with van der Waals surface area (Å²) >= 11 is 1.50. The predicted octanol–water partition coefficient (Wildman–Crippen LogP) is 7.68. The summed E-state index contributed by atoms with van der Waals surface area (Å²) in [5, 5.41) is 114. The number of phenols is 1. The highest BCUT2D eigenvalue weighted by Gasteiger charge is 2.50. The van der Waals surface area contributed by atoms with Crippen molar-refractivity contribution in [3.05, 3.63) is 125 Å². The van der Waals surface area contributed by atoms with Crippen LogP contribution in [0.15, 0.2) is 103 Å². The van der Waals surface area contributed by atoms with Crippen molar-refractivity contribution in [3.63, 3.8) is 0 Å². The number of benzene rings is 4. The number of unbranched alkanes of at least 4 members (excludes halogenated alkanes) is 5. The van der Waals surface area contributed by atoms with Crippen LogP contribution in [0.5, 0.6) is 5.75 Å². The van der Waals surface area contributed by atoms with Gasteiger partial charge in [-0.3, -0.25) is 58.1 Å². The van der Waals surface area contributed by atoms with E-state index in [-0.39, 0.29) is 87.8 Å². The zero-order valence-electron chi connectivity index (χ0n) is 77.5. The number of carbonyl (C=O) groups excluding carboxylic acids is 13. The van der Waals surface area contributed by atoms with Crippen LogP contribution >= 0.6 is 11.8 Å². The number of rotatable bonds is 48. The van der Waals surface area contributed by atoms with Gasteiger partial charge in [0.2, 0.25) is 41.4 Å². The summed E-state index contributed by atoms with van der Waals surface area (Å²) in [6.07, 6.45) is -9.01. The number of fused-ring (bicyclic) bond motifs is 5. The molecule has 0 radical (unpaired) electrons. The average Bonchev–Trinajstić information content (AvgIpc) is 1.62. The molecule has 4 aromatic rings. The van der Waals surface area contributed by atoms with Crippen LogP contribution in [-0.4, -0.2) is 251 Å². The SMILES string of the molecule is CCC(C)[C@H](NC(=O)[C@@H](CC=O)CCSC)C(=O)C[C@@H](Cc1ccccc1)C(=O)N[C@@H](CC(C)C)C(=O)CCC[C@@H](O)[C@@H]1NC(=O)[C@H]([C@H](O)[C@@H](O)c2ccc(O)cc2)CC(=O)[C@@H]2C[C@@H](O)CN2C(=O)[C@H]([C@@H](C)O)NC(=O)[C@@H](CC(=O)CCCCCCCC[C@@H](C)C[C@@H](C)CC)C[C@@H](O)[C@@H](NCCNC(=O)OCC2c3ccccc3-c3ccccc32)NC(=O)[C@@H]2[C@@H](O)CCN2C1=O. The number of hydrogen-bond acceptors (Lipinski definition) is 24. The van der Waals surface area contributed by atoms with Crippen molar-refractivity contribution in [1.82, 2.24) is 47.0 Å². The number of aromatic hydroxyl groups is 1. The first kappa shape index (κ1) is 107. The first-order valence-electron chi connectivity index (χ1n) is 47.1. The van der Waals surface area contributed by atoms with E-state index < -0.39 is 237 Å². The molecule has 8 amide bonds. The van der Waals surface area contributed by atoms with E-state index in [9.17, 15) is 74.4 Å². The van der Waals surface area contributed by atoms with E-state index in [1.165, 1.54) is 23.9 Å². The van der Waals surface area contributed by atoms with E-state index in [1.54, 1.807) is 37.3 Å². The van der Waals surface area contributed by atoms with Crippen LogP contribution in [-0.2, 0) is 68.7 Å². The Labute approximate surface area is 774 Å². The van der Waals surface area contributed by atoms with E-state index >= 15 is 28.8 Å². The van der Waals surface area contributed by atoms with Gasteiger partial charge >= 0.3 is 6.09 Å². The largest absolute Gasteiger partial charge is 0.508 e. The summed E-state index contributed by atoms with van der Waals surface area (Å²) < 4.78 is 5.80. The van der Waals surface area contributed by atoms with Crippen LogP contribution in [0.1, 0.15) is 237 Å². The highest BCUT2D eigenvalue weighted by molar-refractivity contribution is 7.98. The average molecular weight is 1840 g/mol. The minimum Gasteiger partial charge on any atom is -0.508 e. The molecule has 4 aromatic carbocycles. The normalized spacial score (nSPS) is 23.2. The zero-order valence-corrected chi connectivity index (χ0v) is 78.3. The van der Waals surface area contributed by atoms with E-state index in [4.69, 9.17) is 4.74 Å². The Morgan fingerprint density at radius 1 is 0.634 bits per heavy atom. The van der Waals surface area contributed by atoms with E-state index in [2.05, 4.69) is 58.0 Å². The number of thioether (sulfide) groups is 1. The number of Topliss-reactive ketones (excluding diaryl/α,β-unsaturated/α-hetero) is 4. The number of alkyl carbamates (subject to hydrolysis) is 1. The van der Waals surface area contributed by atoms with Crippen molar-refractivity contribution in [1.29, 1.82) is 0 Å². The van der Waals surface area contributed by atoms with Gasteiger partial charge in [-0.05, 0) is 146 Å². The lowest BCUT2D eigenvalue weighted by Gasteiger charge is -2.35. The van der Waals surface area contributed by atoms with Crippen LogP contribution in [0.3, 0.4) is 0 Å². The lowest BCUT2D eigenvalue weighted by Crippen LogP contribution is -2.63. The number of aldehydes is 1. The van der Waals surface area contributed by atoms with Gasteiger partial charge in [-0.1, -0.05) is 191 Å². The number of aliphatic hydroxyl groups excluding tert-OH is 7. The minimum atomic E-state index is -2.34. The Balaban J connectivity index is 1.12. The van der Waals surface area contributed by atoms with Gasteiger partial charge in [-0.25, -0.2) is 4.79 Å². The maximum atomic E-state index is 15.9. The first-order chi connectivity index (χ1) is 62.6. The number of amides is 8. The van der Waals surface area contributed by atoms with Crippen molar-refractivity contribution >= 4 is 88.6 Å². The number of phenolic OH excluding ortho intramolecular Hbond substituents is 1. The van der Waals surface area contributed by atoms with Gasteiger partial charge in [0, 0.05) is 94.8 Å². The third kappa shape index (κ3) is 31.6. The Morgan fingerprint density at radius 3 is 1.91 bits per heavy atom. The van der Waals surface area contributed by atoms with Gasteiger partial charge in [0.1, 0.15) is 54.8 Å². The molecule has 32 heteroatoms. The molecule has 722 valence electrons. The zero-order chi connectivity index (χ0) is 95.7.